The number of fused-ring (bicyclic) bond motifs is 3. The first-order valence-corrected chi connectivity index (χ1v) is 8.32. The van der Waals surface area contributed by atoms with Crippen molar-refractivity contribution in [2.75, 3.05) is 37.4 Å². The van der Waals surface area contributed by atoms with E-state index in [4.69, 9.17) is 10.5 Å². The van der Waals surface area contributed by atoms with Crippen molar-refractivity contribution in [3.63, 3.8) is 0 Å². The van der Waals surface area contributed by atoms with Gasteiger partial charge in [-0.1, -0.05) is 6.92 Å². The van der Waals surface area contributed by atoms with Crippen molar-refractivity contribution in [3.8, 4) is 5.75 Å². The quantitative estimate of drug-likeness (QED) is 0.699. The Hall–Kier alpha value is -2.28. The minimum Gasteiger partial charge on any atom is -0.483 e. The number of nitrogens with one attached hydrogen (secondary N) is 1. The van der Waals surface area contributed by atoms with Crippen LogP contribution < -0.4 is 20.8 Å². The molecule has 3 aliphatic heterocycles. The van der Waals surface area contributed by atoms with Crippen molar-refractivity contribution >= 4 is 23.1 Å². The van der Waals surface area contributed by atoms with Gasteiger partial charge in [-0.15, -0.1) is 0 Å². The third-order valence-corrected chi connectivity index (χ3v) is 4.57. The van der Waals surface area contributed by atoms with Gasteiger partial charge in [0.25, 0.3) is 5.91 Å². The number of hydrogen-bond acceptors (Lipinski definition) is 6. The van der Waals surface area contributed by atoms with Crippen molar-refractivity contribution in [3.05, 3.63) is 18.2 Å². The number of ether oxygens (including phenoxy) is 1. The zero-order chi connectivity index (χ0) is 17.3. The second-order valence-electron chi connectivity index (χ2n) is 6.72. The van der Waals surface area contributed by atoms with Crippen LogP contribution in [0, 0.1) is 5.92 Å². The molecule has 7 nitrogen and oxygen atoms in total. The molecule has 0 radical (unpaired) electrons. The lowest BCUT2D eigenvalue weighted by atomic mass is 10.1. The van der Waals surface area contributed by atoms with Gasteiger partial charge in [0.2, 0.25) is 0 Å². The van der Waals surface area contributed by atoms with E-state index in [1.54, 1.807) is 18.2 Å². The second-order valence-corrected chi connectivity index (χ2v) is 6.72. The summed E-state index contributed by atoms with van der Waals surface area (Å²) in [5, 5.41) is 3.99. The topological polar surface area (TPSA) is 83.2 Å². The largest absolute Gasteiger partial charge is 0.483 e. The molecule has 1 saturated heterocycles. The number of rotatable bonds is 0. The van der Waals surface area contributed by atoms with E-state index >= 15 is 0 Å². The Kier molecular flexibility index (Phi) is 4.62. The van der Waals surface area contributed by atoms with Gasteiger partial charge in [-0.3, -0.25) is 4.79 Å². The number of amidine groups is 1. The molecule has 1 amide bonds. The van der Waals surface area contributed by atoms with Crippen LogP contribution in [0.15, 0.2) is 23.3 Å². The number of likely N-dealkylation sites (tertiary alicyclic amines) is 1. The lowest BCUT2D eigenvalue weighted by Gasteiger charge is -2.38. The summed E-state index contributed by atoms with van der Waals surface area (Å²) in [7, 11) is 2.18. The van der Waals surface area contributed by atoms with Gasteiger partial charge in [0.15, 0.2) is 5.84 Å². The van der Waals surface area contributed by atoms with Crippen molar-refractivity contribution in [2.45, 2.75) is 26.3 Å². The van der Waals surface area contributed by atoms with Gasteiger partial charge in [-0.05, 0) is 51.1 Å². The van der Waals surface area contributed by atoms with Crippen LogP contribution in [0.1, 0.15) is 20.3 Å². The maximum atomic E-state index is 11.6. The van der Waals surface area contributed by atoms with Gasteiger partial charge in [-0.25, -0.2) is 5.43 Å². The van der Waals surface area contributed by atoms with Crippen LogP contribution in [0.2, 0.25) is 0 Å². The number of benzene rings is 1. The Labute approximate surface area is 142 Å². The molecule has 0 bridgehead atoms. The van der Waals surface area contributed by atoms with Crippen molar-refractivity contribution < 1.29 is 9.53 Å². The normalized spacial score (nSPS) is 25.5. The summed E-state index contributed by atoms with van der Waals surface area (Å²) in [6.45, 7) is 7.09. The van der Waals surface area contributed by atoms with Crippen molar-refractivity contribution in [1.82, 2.24) is 10.3 Å². The van der Waals surface area contributed by atoms with E-state index in [1.807, 2.05) is 11.8 Å². The van der Waals surface area contributed by atoms with Crippen molar-refractivity contribution in [2.24, 2.45) is 11.0 Å². The zero-order valence-corrected chi connectivity index (χ0v) is 14.5. The average molecular weight is 331 g/mol. The maximum Gasteiger partial charge on any atom is 0.262 e. The molecule has 0 aromatic heterocycles. The molecule has 3 heterocycles. The van der Waals surface area contributed by atoms with Crippen LogP contribution in [-0.4, -0.2) is 49.4 Å². The fourth-order valence-corrected chi connectivity index (χ4v) is 3.20. The highest BCUT2D eigenvalue weighted by Crippen LogP contribution is 2.35. The van der Waals surface area contributed by atoms with E-state index in [1.165, 1.54) is 19.5 Å². The van der Waals surface area contributed by atoms with Gasteiger partial charge in [0.1, 0.15) is 18.4 Å². The van der Waals surface area contributed by atoms with E-state index in [-0.39, 0.29) is 11.9 Å². The van der Waals surface area contributed by atoms with E-state index < -0.39 is 0 Å². The molecular formula is C17H25N5O2. The Morgan fingerprint density at radius 2 is 2.17 bits per heavy atom. The van der Waals surface area contributed by atoms with Crippen LogP contribution in [0.3, 0.4) is 0 Å². The fourth-order valence-electron chi connectivity index (χ4n) is 3.20. The Bertz CT molecular complexity index is 652. The molecule has 1 aromatic rings. The first-order valence-electron chi connectivity index (χ1n) is 8.32. The number of nitrogen functional groups attached to an aromatic ring is 1. The molecule has 4 rings (SSSR count). The minimum atomic E-state index is -0.313. The number of carbonyl (C=O) groups excluding carboxylic acids is 1. The predicted octanol–water partition coefficient (Wildman–Crippen LogP) is 1.26. The summed E-state index contributed by atoms with van der Waals surface area (Å²) in [5.74, 6) is 2.23. The number of amides is 1. The molecule has 2 atom stereocenters. The number of nitrogens with two attached hydrogens (primary N) is 1. The number of carbonyl (C=O) groups is 1. The number of hydrazone groups is 1. The molecule has 3 N–H and O–H groups in total. The molecule has 2 unspecified atom stereocenters. The van der Waals surface area contributed by atoms with Gasteiger partial charge in [0.05, 0.1) is 5.69 Å². The van der Waals surface area contributed by atoms with Crippen LogP contribution in [-0.2, 0) is 4.79 Å². The molecule has 1 fully saturated rings. The van der Waals surface area contributed by atoms with Crippen LogP contribution in [0.5, 0.6) is 5.75 Å². The van der Waals surface area contributed by atoms with Crippen LogP contribution >= 0.6 is 0 Å². The summed E-state index contributed by atoms with van der Waals surface area (Å²) < 4.78 is 5.55. The van der Waals surface area contributed by atoms with Gasteiger partial charge >= 0.3 is 0 Å². The smallest absolute Gasteiger partial charge is 0.262 e. The standard InChI is InChI=1S/C11H12N4O2.C6H13N/c1-6-11(16)14-13-10-5-17-9-3-2-7(12)4-8(9)15(6)10;1-6-3-4-7(2)5-6/h2-4,6H,5,12H2,1H3,(H,14,16);6H,3-5H2,1-2H3. The SMILES string of the molecule is CC1C(=O)NN=C2COc3ccc(N)cc3N21.CC1CCN(C)C1. The monoisotopic (exact) mass is 331 g/mol. The van der Waals surface area contributed by atoms with E-state index in [0.717, 1.165) is 17.4 Å². The van der Waals surface area contributed by atoms with Crippen molar-refractivity contribution in [1.29, 1.82) is 0 Å². The van der Waals surface area contributed by atoms with E-state index in [9.17, 15) is 4.79 Å². The Morgan fingerprint density at radius 3 is 2.79 bits per heavy atom. The lowest BCUT2D eigenvalue weighted by Crippen LogP contribution is -2.55. The summed E-state index contributed by atoms with van der Waals surface area (Å²) in [4.78, 5) is 15.8. The highest BCUT2D eigenvalue weighted by atomic mass is 16.5. The third-order valence-electron chi connectivity index (χ3n) is 4.57. The second kappa shape index (κ2) is 6.68. The first kappa shape index (κ1) is 16.6. The van der Waals surface area contributed by atoms with Crippen LogP contribution in [0.4, 0.5) is 11.4 Å². The summed E-state index contributed by atoms with van der Waals surface area (Å²) >= 11 is 0. The molecular weight excluding hydrogens is 306 g/mol. The maximum absolute atomic E-state index is 11.6. The van der Waals surface area contributed by atoms with Gasteiger partial charge < -0.3 is 20.3 Å². The van der Waals surface area contributed by atoms with Gasteiger partial charge in [0, 0.05) is 12.2 Å². The summed E-state index contributed by atoms with van der Waals surface area (Å²) in [6.07, 6.45) is 1.40. The molecule has 3 aliphatic rings. The van der Waals surface area contributed by atoms with E-state index in [0.29, 0.717) is 18.1 Å². The Morgan fingerprint density at radius 1 is 1.38 bits per heavy atom. The fraction of sp³-hybridized carbons (Fsp3) is 0.529. The molecule has 0 spiro atoms. The van der Waals surface area contributed by atoms with Gasteiger partial charge in [-0.2, -0.15) is 5.10 Å². The molecule has 24 heavy (non-hydrogen) atoms. The molecule has 0 aliphatic carbocycles. The molecule has 130 valence electrons. The molecule has 1 aromatic carbocycles. The number of hydrogen-bond donors (Lipinski definition) is 2. The molecule has 7 heteroatoms. The number of anilines is 2. The summed E-state index contributed by atoms with van der Waals surface area (Å²) in [5.41, 5.74) is 9.65. The highest BCUT2D eigenvalue weighted by Gasteiger charge is 2.34. The molecule has 0 saturated carbocycles. The third kappa shape index (κ3) is 3.31. The zero-order valence-electron chi connectivity index (χ0n) is 14.5. The van der Waals surface area contributed by atoms with E-state index in [2.05, 4.69) is 29.4 Å². The summed E-state index contributed by atoms with van der Waals surface area (Å²) in [6, 6.07) is 5.06. The highest BCUT2D eigenvalue weighted by molar-refractivity contribution is 6.09. The predicted molar refractivity (Wildman–Crippen MR) is 95.1 cm³/mol. The lowest BCUT2D eigenvalue weighted by molar-refractivity contribution is -0.122. The first-order chi connectivity index (χ1) is 11.5. The average Bonchev–Trinajstić information content (AvgIpc) is 2.94. The number of nitrogens with zero attached hydrogens (tertiary/aromatic N) is 3. The minimum absolute atomic E-state index is 0.135. The van der Waals surface area contributed by atoms with Crippen LogP contribution in [0.25, 0.3) is 0 Å². The Balaban J connectivity index is 0.000000203.